The summed E-state index contributed by atoms with van der Waals surface area (Å²) in [6, 6.07) is 0. The Morgan fingerprint density at radius 2 is 1.62 bits per heavy atom. The Hall–Kier alpha value is -0.330. The smallest absolute Gasteiger partial charge is 0.129 e. The summed E-state index contributed by atoms with van der Waals surface area (Å²) in [4.78, 5) is 10.7. The maximum atomic E-state index is 10.7. The first kappa shape index (κ1) is 12.7. The van der Waals surface area contributed by atoms with Gasteiger partial charge in [0.15, 0.2) is 0 Å². The van der Waals surface area contributed by atoms with Crippen LogP contribution in [0.4, 0.5) is 0 Å². The SMILES string of the molecule is CCC(C)CCC(C)CCC(C)=O. The average molecular weight is 184 g/mol. The van der Waals surface area contributed by atoms with Crippen molar-refractivity contribution in [2.75, 3.05) is 0 Å². The normalized spacial score (nSPS) is 15.4. The molecule has 78 valence electrons. The third kappa shape index (κ3) is 8.01. The number of hydrogen-bond acceptors (Lipinski definition) is 1. The molecular weight excluding hydrogens is 160 g/mol. The number of carbonyl (C=O) groups excluding carboxylic acids is 1. The van der Waals surface area contributed by atoms with Crippen LogP contribution in [0, 0.1) is 11.8 Å². The summed E-state index contributed by atoms with van der Waals surface area (Å²) < 4.78 is 0. The standard InChI is InChI=1S/C12H24O/c1-5-10(2)6-7-11(3)8-9-12(4)13/h10-11H,5-9H2,1-4H3. The first-order valence-electron chi connectivity index (χ1n) is 5.55. The summed E-state index contributed by atoms with van der Waals surface area (Å²) in [5.41, 5.74) is 0. The summed E-state index contributed by atoms with van der Waals surface area (Å²) in [6.45, 7) is 8.48. The number of hydrogen-bond donors (Lipinski definition) is 0. The van der Waals surface area contributed by atoms with Crippen LogP contribution in [0.2, 0.25) is 0 Å². The summed E-state index contributed by atoms with van der Waals surface area (Å²) in [5.74, 6) is 1.90. The molecule has 13 heavy (non-hydrogen) atoms. The summed E-state index contributed by atoms with van der Waals surface area (Å²) in [6.07, 6.45) is 5.71. The Bertz CT molecular complexity index is 140. The summed E-state index contributed by atoms with van der Waals surface area (Å²) >= 11 is 0. The van der Waals surface area contributed by atoms with E-state index in [0.717, 1.165) is 24.7 Å². The van der Waals surface area contributed by atoms with Gasteiger partial charge >= 0.3 is 0 Å². The van der Waals surface area contributed by atoms with Gasteiger partial charge in [0.25, 0.3) is 0 Å². The molecular formula is C12H24O. The van der Waals surface area contributed by atoms with Crippen LogP contribution in [-0.4, -0.2) is 5.78 Å². The third-order valence-corrected chi connectivity index (χ3v) is 2.84. The van der Waals surface area contributed by atoms with E-state index in [1.54, 1.807) is 6.92 Å². The number of ketones is 1. The quantitative estimate of drug-likeness (QED) is 0.588. The van der Waals surface area contributed by atoms with Crippen molar-refractivity contribution in [3.05, 3.63) is 0 Å². The van der Waals surface area contributed by atoms with Crippen LogP contribution in [0.25, 0.3) is 0 Å². The largest absolute Gasteiger partial charge is 0.300 e. The van der Waals surface area contributed by atoms with Crippen LogP contribution in [0.1, 0.15) is 59.8 Å². The maximum Gasteiger partial charge on any atom is 0.129 e. The Kier molecular flexibility index (Phi) is 6.93. The average Bonchev–Trinajstić information content (AvgIpc) is 2.10. The fourth-order valence-corrected chi connectivity index (χ4v) is 1.37. The van der Waals surface area contributed by atoms with Gasteiger partial charge in [0, 0.05) is 6.42 Å². The van der Waals surface area contributed by atoms with Crippen molar-refractivity contribution in [3.63, 3.8) is 0 Å². The van der Waals surface area contributed by atoms with E-state index in [0.29, 0.717) is 5.78 Å². The zero-order valence-electron chi connectivity index (χ0n) is 9.60. The lowest BCUT2D eigenvalue weighted by Gasteiger charge is -2.13. The lowest BCUT2D eigenvalue weighted by molar-refractivity contribution is -0.117. The molecule has 1 heteroatoms. The van der Waals surface area contributed by atoms with Gasteiger partial charge in [-0.3, -0.25) is 0 Å². The molecule has 1 nitrogen and oxygen atoms in total. The van der Waals surface area contributed by atoms with E-state index in [1.807, 2.05) is 0 Å². The van der Waals surface area contributed by atoms with Gasteiger partial charge in [-0.05, 0) is 25.2 Å². The van der Waals surface area contributed by atoms with Crippen molar-refractivity contribution in [2.45, 2.75) is 59.8 Å². The van der Waals surface area contributed by atoms with E-state index in [-0.39, 0.29) is 0 Å². The molecule has 0 aliphatic heterocycles. The topological polar surface area (TPSA) is 17.1 Å². The zero-order valence-corrected chi connectivity index (χ0v) is 9.60. The lowest BCUT2D eigenvalue weighted by Crippen LogP contribution is -2.02. The number of carbonyl (C=O) groups is 1. The third-order valence-electron chi connectivity index (χ3n) is 2.84. The predicted octanol–water partition coefficient (Wildman–Crippen LogP) is 3.82. The Balaban J connectivity index is 3.39. The molecule has 0 amide bonds. The monoisotopic (exact) mass is 184 g/mol. The zero-order chi connectivity index (χ0) is 10.3. The van der Waals surface area contributed by atoms with Crippen molar-refractivity contribution in [1.82, 2.24) is 0 Å². The maximum absolute atomic E-state index is 10.7. The van der Waals surface area contributed by atoms with Gasteiger partial charge < -0.3 is 4.79 Å². The molecule has 0 rings (SSSR count). The Labute approximate surface area is 82.9 Å². The molecule has 0 saturated carbocycles. The van der Waals surface area contributed by atoms with Crippen LogP contribution in [0.15, 0.2) is 0 Å². The molecule has 2 unspecified atom stereocenters. The van der Waals surface area contributed by atoms with Crippen molar-refractivity contribution in [2.24, 2.45) is 11.8 Å². The van der Waals surface area contributed by atoms with E-state index < -0.39 is 0 Å². The molecule has 0 heterocycles. The van der Waals surface area contributed by atoms with Gasteiger partial charge in [0.1, 0.15) is 5.78 Å². The molecule has 0 radical (unpaired) electrons. The fraction of sp³-hybridized carbons (Fsp3) is 0.917. The van der Waals surface area contributed by atoms with Crippen molar-refractivity contribution in [3.8, 4) is 0 Å². The highest BCUT2D eigenvalue weighted by atomic mass is 16.1. The van der Waals surface area contributed by atoms with Crippen LogP contribution in [0.5, 0.6) is 0 Å². The Morgan fingerprint density at radius 3 is 2.08 bits per heavy atom. The van der Waals surface area contributed by atoms with Crippen LogP contribution >= 0.6 is 0 Å². The molecule has 0 aliphatic rings. The van der Waals surface area contributed by atoms with E-state index in [2.05, 4.69) is 20.8 Å². The van der Waals surface area contributed by atoms with Crippen LogP contribution in [0.3, 0.4) is 0 Å². The molecule has 0 bridgehead atoms. The van der Waals surface area contributed by atoms with Crippen LogP contribution in [-0.2, 0) is 4.79 Å². The molecule has 0 aromatic heterocycles. The van der Waals surface area contributed by atoms with Gasteiger partial charge in [0.05, 0.1) is 0 Å². The van der Waals surface area contributed by atoms with Crippen molar-refractivity contribution in [1.29, 1.82) is 0 Å². The molecule has 0 aromatic rings. The van der Waals surface area contributed by atoms with Gasteiger partial charge in [-0.1, -0.05) is 40.0 Å². The fourth-order valence-electron chi connectivity index (χ4n) is 1.37. The summed E-state index contributed by atoms with van der Waals surface area (Å²) in [7, 11) is 0. The van der Waals surface area contributed by atoms with Crippen LogP contribution < -0.4 is 0 Å². The minimum Gasteiger partial charge on any atom is -0.300 e. The number of rotatable bonds is 7. The van der Waals surface area contributed by atoms with E-state index in [1.165, 1.54) is 19.3 Å². The first-order chi connectivity index (χ1) is 6.06. The highest BCUT2D eigenvalue weighted by Crippen LogP contribution is 2.18. The van der Waals surface area contributed by atoms with E-state index >= 15 is 0 Å². The van der Waals surface area contributed by atoms with Crippen molar-refractivity contribution >= 4 is 5.78 Å². The number of Topliss-reactive ketones (excluding diaryl/α,β-unsaturated/α-hetero) is 1. The van der Waals surface area contributed by atoms with E-state index in [9.17, 15) is 4.79 Å². The van der Waals surface area contributed by atoms with Crippen molar-refractivity contribution < 1.29 is 4.79 Å². The van der Waals surface area contributed by atoms with Gasteiger partial charge in [-0.2, -0.15) is 0 Å². The second-order valence-electron chi connectivity index (χ2n) is 4.44. The Morgan fingerprint density at radius 1 is 1.08 bits per heavy atom. The minimum atomic E-state index is 0.329. The highest BCUT2D eigenvalue weighted by Gasteiger charge is 2.06. The van der Waals surface area contributed by atoms with Gasteiger partial charge in [0.2, 0.25) is 0 Å². The molecule has 2 atom stereocenters. The molecule has 0 aliphatic carbocycles. The second-order valence-corrected chi connectivity index (χ2v) is 4.44. The first-order valence-corrected chi connectivity index (χ1v) is 5.55. The lowest BCUT2D eigenvalue weighted by atomic mass is 9.93. The molecule has 0 aromatic carbocycles. The van der Waals surface area contributed by atoms with E-state index in [4.69, 9.17) is 0 Å². The van der Waals surface area contributed by atoms with Gasteiger partial charge in [-0.15, -0.1) is 0 Å². The highest BCUT2D eigenvalue weighted by molar-refractivity contribution is 5.75. The predicted molar refractivity (Wildman–Crippen MR) is 57.8 cm³/mol. The minimum absolute atomic E-state index is 0.329. The molecule has 0 fully saturated rings. The summed E-state index contributed by atoms with van der Waals surface area (Å²) in [5, 5.41) is 0. The molecule has 0 saturated heterocycles. The second kappa shape index (κ2) is 7.11. The molecule has 0 spiro atoms. The molecule has 0 N–H and O–H groups in total. The van der Waals surface area contributed by atoms with Gasteiger partial charge in [-0.25, -0.2) is 0 Å².